The topological polar surface area (TPSA) is 54.4 Å². The van der Waals surface area contributed by atoms with Gasteiger partial charge in [0.2, 0.25) is 0 Å². The van der Waals surface area contributed by atoms with E-state index in [-0.39, 0.29) is 11.1 Å². The SMILES string of the molecule is O=C(NN=Cc1cc(Br)cs1)c1cccnc1Cl. The van der Waals surface area contributed by atoms with E-state index in [0.717, 1.165) is 9.35 Å². The average molecular weight is 345 g/mol. The van der Waals surface area contributed by atoms with Crippen molar-refractivity contribution < 1.29 is 4.79 Å². The lowest BCUT2D eigenvalue weighted by molar-refractivity contribution is 0.0955. The molecule has 0 unspecified atom stereocenters. The Bertz CT molecular complexity index is 599. The van der Waals surface area contributed by atoms with E-state index in [1.807, 2.05) is 11.4 Å². The van der Waals surface area contributed by atoms with Gasteiger partial charge in [0.1, 0.15) is 5.15 Å². The van der Waals surface area contributed by atoms with Crippen LogP contribution >= 0.6 is 38.9 Å². The molecule has 0 aliphatic carbocycles. The zero-order valence-electron chi connectivity index (χ0n) is 8.93. The molecule has 2 heterocycles. The summed E-state index contributed by atoms with van der Waals surface area (Å²) >= 11 is 10.6. The number of hydrogen-bond donors (Lipinski definition) is 1. The van der Waals surface area contributed by atoms with Gasteiger partial charge in [-0.2, -0.15) is 5.10 Å². The van der Waals surface area contributed by atoms with Crippen LogP contribution in [0.2, 0.25) is 5.15 Å². The van der Waals surface area contributed by atoms with Crippen LogP contribution in [0.5, 0.6) is 0 Å². The summed E-state index contributed by atoms with van der Waals surface area (Å²) in [7, 11) is 0. The van der Waals surface area contributed by atoms with Crippen molar-refractivity contribution in [1.82, 2.24) is 10.4 Å². The minimum Gasteiger partial charge on any atom is -0.267 e. The molecule has 0 bridgehead atoms. The van der Waals surface area contributed by atoms with Crippen LogP contribution in [0.1, 0.15) is 15.2 Å². The van der Waals surface area contributed by atoms with Gasteiger partial charge >= 0.3 is 0 Å². The number of hydrazone groups is 1. The van der Waals surface area contributed by atoms with Crippen LogP contribution in [0, 0.1) is 0 Å². The Morgan fingerprint density at radius 3 is 3.11 bits per heavy atom. The number of pyridine rings is 1. The molecule has 0 spiro atoms. The number of hydrogen-bond acceptors (Lipinski definition) is 4. The normalized spacial score (nSPS) is 10.8. The molecule has 18 heavy (non-hydrogen) atoms. The summed E-state index contributed by atoms with van der Waals surface area (Å²) in [5.74, 6) is -0.389. The molecular formula is C11H7BrClN3OS. The van der Waals surface area contributed by atoms with E-state index in [9.17, 15) is 4.79 Å². The number of aromatic nitrogens is 1. The van der Waals surface area contributed by atoms with Crippen molar-refractivity contribution in [2.75, 3.05) is 0 Å². The van der Waals surface area contributed by atoms with Crippen LogP contribution in [0.15, 0.2) is 39.4 Å². The maximum atomic E-state index is 11.7. The molecule has 1 N–H and O–H groups in total. The first-order chi connectivity index (χ1) is 8.66. The lowest BCUT2D eigenvalue weighted by Crippen LogP contribution is -2.18. The third kappa shape index (κ3) is 3.38. The van der Waals surface area contributed by atoms with Gasteiger partial charge in [-0.1, -0.05) is 11.6 Å². The summed E-state index contributed by atoms with van der Waals surface area (Å²) < 4.78 is 0.982. The Balaban J connectivity index is 2.01. The molecule has 0 saturated heterocycles. The number of halogens is 2. The highest BCUT2D eigenvalue weighted by atomic mass is 79.9. The predicted octanol–water partition coefficient (Wildman–Crippen LogP) is 3.32. The molecule has 1 amide bonds. The van der Waals surface area contributed by atoms with Crippen LogP contribution < -0.4 is 5.43 Å². The lowest BCUT2D eigenvalue weighted by atomic mass is 10.3. The Hall–Kier alpha value is -1.24. The van der Waals surface area contributed by atoms with Crippen LogP contribution in [0.4, 0.5) is 0 Å². The molecule has 92 valence electrons. The highest BCUT2D eigenvalue weighted by Gasteiger charge is 2.08. The van der Waals surface area contributed by atoms with Gasteiger partial charge in [-0.25, -0.2) is 10.4 Å². The smallest absolute Gasteiger partial charge is 0.267 e. The number of carbonyl (C=O) groups is 1. The number of nitrogens with zero attached hydrogens (tertiary/aromatic N) is 2. The lowest BCUT2D eigenvalue weighted by Gasteiger charge is -2.00. The third-order valence-corrected chi connectivity index (χ3v) is 3.88. The van der Waals surface area contributed by atoms with E-state index in [2.05, 4.69) is 31.4 Å². The van der Waals surface area contributed by atoms with E-state index < -0.39 is 0 Å². The van der Waals surface area contributed by atoms with Crippen LogP contribution in [-0.4, -0.2) is 17.1 Å². The first-order valence-electron chi connectivity index (χ1n) is 4.85. The van der Waals surface area contributed by atoms with E-state index in [1.54, 1.807) is 18.3 Å². The standard InChI is InChI=1S/C11H7BrClN3OS/c12-7-4-8(18-6-7)5-15-16-11(17)9-2-1-3-14-10(9)13/h1-6H,(H,16,17). The largest absolute Gasteiger partial charge is 0.274 e. The number of rotatable bonds is 3. The predicted molar refractivity (Wildman–Crippen MR) is 76.3 cm³/mol. The van der Waals surface area contributed by atoms with Crippen molar-refractivity contribution in [1.29, 1.82) is 0 Å². The van der Waals surface area contributed by atoms with Gasteiger partial charge in [0.25, 0.3) is 5.91 Å². The highest BCUT2D eigenvalue weighted by Crippen LogP contribution is 2.17. The molecule has 0 fully saturated rings. The molecule has 7 heteroatoms. The second-order valence-electron chi connectivity index (χ2n) is 3.21. The number of nitrogens with one attached hydrogen (secondary N) is 1. The van der Waals surface area contributed by atoms with Crippen LogP contribution in [-0.2, 0) is 0 Å². The molecule has 0 atom stereocenters. The minimum absolute atomic E-state index is 0.157. The third-order valence-electron chi connectivity index (χ3n) is 1.95. The van der Waals surface area contributed by atoms with Gasteiger partial charge in [0.05, 0.1) is 11.8 Å². The molecule has 0 radical (unpaired) electrons. The molecule has 0 aliphatic heterocycles. The van der Waals surface area contributed by atoms with Crippen LogP contribution in [0.25, 0.3) is 0 Å². The Labute approximate surface area is 121 Å². The fourth-order valence-electron chi connectivity index (χ4n) is 1.17. The van der Waals surface area contributed by atoms with E-state index in [4.69, 9.17) is 11.6 Å². The highest BCUT2D eigenvalue weighted by molar-refractivity contribution is 9.10. The summed E-state index contributed by atoms with van der Waals surface area (Å²) in [5.41, 5.74) is 2.69. The van der Waals surface area contributed by atoms with Gasteiger partial charge in [0.15, 0.2) is 0 Å². The summed E-state index contributed by atoms with van der Waals surface area (Å²) in [6.07, 6.45) is 3.09. The Morgan fingerprint density at radius 1 is 1.61 bits per heavy atom. The first kappa shape index (κ1) is 13.2. The van der Waals surface area contributed by atoms with Gasteiger partial charge in [-0.05, 0) is 34.1 Å². The van der Waals surface area contributed by atoms with Crippen molar-refractivity contribution in [3.05, 3.63) is 49.8 Å². The van der Waals surface area contributed by atoms with Crippen LogP contribution in [0.3, 0.4) is 0 Å². The molecule has 0 aliphatic rings. The van der Waals surface area contributed by atoms with Gasteiger partial charge in [-0.15, -0.1) is 11.3 Å². The zero-order valence-corrected chi connectivity index (χ0v) is 12.1. The summed E-state index contributed by atoms with van der Waals surface area (Å²) in [6.45, 7) is 0. The van der Waals surface area contributed by atoms with Crippen molar-refractivity contribution in [2.24, 2.45) is 5.10 Å². The molecule has 2 rings (SSSR count). The summed E-state index contributed by atoms with van der Waals surface area (Å²) in [6, 6.07) is 5.13. The fourth-order valence-corrected chi connectivity index (χ4v) is 2.68. The van der Waals surface area contributed by atoms with Crippen molar-refractivity contribution in [3.63, 3.8) is 0 Å². The van der Waals surface area contributed by atoms with Crippen molar-refractivity contribution in [2.45, 2.75) is 0 Å². The molecule has 4 nitrogen and oxygen atoms in total. The maximum Gasteiger partial charge on any atom is 0.274 e. The molecule has 2 aromatic heterocycles. The second kappa shape index (κ2) is 6.08. The number of amides is 1. The van der Waals surface area contributed by atoms with Gasteiger partial charge in [0, 0.05) is 20.9 Å². The summed E-state index contributed by atoms with van der Waals surface area (Å²) in [5, 5.41) is 5.94. The monoisotopic (exact) mass is 343 g/mol. The Kier molecular flexibility index (Phi) is 4.46. The number of thiophene rings is 1. The Morgan fingerprint density at radius 2 is 2.44 bits per heavy atom. The molecular weight excluding hydrogens is 338 g/mol. The van der Waals surface area contributed by atoms with Crippen molar-refractivity contribution >= 4 is 51.0 Å². The maximum absolute atomic E-state index is 11.7. The van der Waals surface area contributed by atoms with Crippen molar-refractivity contribution in [3.8, 4) is 0 Å². The molecule has 2 aromatic rings. The van der Waals surface area contributed by atoms with E-state index in [0.29, 0.717) is 5.56 Å². The van der Waals surface area contributed by atoms with E-state index in [1.165, 1.54) is 17.5 Å². The first-order valence-corrected chi connectivity index (χ1v) is 6.90. The fraction of sp³-hybridized carbons (Fsp3) is 0. The van der Waals surface area contributed by atoms with Gasteiger partial charge in [-0.3, -0.25) is 4.79 Å². The quantitative estimate of drug-likeness (QED) is 0.527. The number of carbonyl (C=O) groups excluding carboxylic acids is 1. The average Bonchev–Trinajstić information content (AvgIpc) is 2.75. The minimum atomic E-state index is -0.389. The zero-order chi connectivity index (χ0) is 13.0. The van der Waals surface area contributed by atoms with Gasteiger partial charge < -0.3 is 0 Å². The summed E-state index contributed by atoms with van der Waals surface area (Å²) in [4.78, 5) is 16.5. The molecule has 0 saturated carbocycles. The second-order valence-corrected chi connectivity index (χ2v) is 5.42. The molecule has 0 aromatic carbocycles. The van der Waals surface area contributed by atoms with E-state index >= 15 is 0 Å².